The average molecular weight is 280 g/mol. The molecule has 1 amide bonds. The van der Waals surface area contributed by atoms with E-state index in [1.54, 1.807) is 0 Å². The van der Waals surface area contributed by atoms with E-state index in [2.05, 4.69) is 22.4 Å². The van der Waals surface area contributed by atoms with Gasteiger partial charge >= 0.3 is 0 Å². The second-order valence-electron chi connectivity index (χ2n) is 5.93. The van der Waals surface area contributed by atoms with Gasteiger partial charge in [-0.15, -0.1) is 0 Å². The molecule has 0 radical (unpaired) electrons. The Morgan fingerprint density at radius 1 is 1.65 bits per heavy atom. The number of hydrogen-bond acceptors (Lipinski definition) is 4. The highest BCUT2D eigenvalue weighted by Gasteiger charge is 2.33. The molecule has 6 heteroatoms. The SMILES string of the molecule is CCc1[nH]nc(C(=O)NCC2(O)CCCC(C)C2)c1N. The van der Waals surface area contributed by atoms with E-state index in [-0.39, 0.29) is 18.1 Å². The summed E-state index contributed by atoms with van der Waals surface area (Å²) in [5, 5.41) is 19.9. The Morgan fingerprint density at radius 3 is 3.00 bits per heavy atom. The Kier molecular flexibility index (Phi) is 4.32. The Morgan fingerprint density at radius 2 is 2.40 bits per heavy atom. The van der Waals surface area contributed by atoms with Gasteiger partial charge in [-0.05, 0) is 25.2 Å². The molecule has 5 N–H and O–H groups in total. The topological polar surface area (TPSA) is 104 Å². The number of rotatable bonds is 4. The summed E-state index contributed by atoms with van der Waals surface area (Å²) in [6, 6.07) is 0. The number of aryl methyl sites for hydroxylation is 1. The molecule has 1 aromatic heterocycles. The molecule has 1 saturated carbocycles. The maximum absolute atomic E-state index is 12.1. The number of nitrogens with zero attached hydrogens (tertiary/aromatic N) is 1. The average Bonchev–Trinajstić information content (AvgIpc) is 2.77. The molecule has 0 bridgehead atoms. The number of H-pyrrole nitrogens is 1. The van der Waals surface area contributed by atoms with E-state index in [0.29, 0.717) is 18.0 Å². The van der Waals surface area contributed by atoms with Crippen LogP contribution in [0, 0.1) is 5.92 Å². The van der Waals surface area contributed by atoms with Crippen molar-refractivity contribution in [2.24, 2.45) is 5.92 Å². The van der Waals surface area contributed by atoms with Crippen LogP contribution >= 0.6 is 0 Å². The van der Waals surface area contributed by atoms with Crippen molar-refractivity contribution in [3.05, 3.63) is 11.4 Å². The quantitative estimate of drug-likeness (QED) is 0.665. The van der Waals surface area contributed by atoms with Crippen LogP contribution in [0.15, 0.2) is 0 Å². The number of nitrogen functional groups attached to an aromatic ring is 1. The zero-order chi connectivity index (χ0) is 14.8. The molecule has 112 valence electrons. The Bertz CT molecular complexity index is 486. The van der Waals surface area contributed by atoms with Crippen molar-refractivity contribution >= 4 is 11.6 Å². The molecule has 1 heterocycles. The summed E-state index contributed by atoms with van der Waals surface area (Å²) in [7, 11) is 0. The fourth-order valence-corrected chi connectivity index (χ4v) is 2.95. The molecular weight excluding hydrogens is 256 g/mol. The van der Waals surface area contributed by atoms with Crippen molar-refractivity contribution < 1.29 is 9.90 Å². The van der Waals surface area contributed by atoms with Crippen LogP contribution in [0.5, 0.6) is 0 Å². The molecule has 1 aromatic rings. The lowest BCUT2D eigenvalue weighted by atomic mass is 9.79. The van der Waals surface area contributed by atoms with Crippen LogP contribution in [0.1, 0.15) is 55.7 Å². The van der Waals surface area contributed by atoms with Gasteiger partial charge in [0.2, 0.25) is 0 Å². The summed E-state index contributed by atoms with van der Waals surface area (Å²) in [4.78, 5) is 12.1. The number of nitrogens with two attached hydrogens (primary N) is 1. The van der Waals surface area contributed by atoms with Gasteiger partial charge in [-0.1, -0.05) is 26.7 Å². The molecule has 1 aliphatic rings. The first-order valence-corrected chi connectivity index (χ1v) is 7.28. The number of amides is 1. The van der Waals surface area contributed by atoms with Gasteiger partial charge < -0.3 is 16.2 Å². The minimum atomic E-state index is -0.800. The van der Waals surface area contributed by atoms with Crippen molar-refractivity contribution in [3.63, 3.8) is 0 Å². The summed E-state index contributed by atoms with van der Waals surface area (Å²) in [6.07, 6.45) is 4.30. The van der Waals surface area contributed by atoms with Crippen molar-refractivity contribution in [2.45, 2.75) is 51.6 Å². The first-order valence-electron chi connectivity index (χ1n) is 7.28. The molecule has 0 saturated heterocycles. The fraction of sp³-hybridized carbons (Fsp3) is 0.714. The predicted molar refractivity (Wildman–Crippen MR) is 77.3 cm³/mol. The minimum absolute atomic E-state index is 0.217. The van der Waals surface area contributed by atoms with Crippen molar-refractivity contribution in [1.29, 1.82) is 0 Å². The van der Waals surface area contributed by atoms with E-state index in [9.17, 15) is 9.90 Å². The van der Waals surface area contributed by atoms with Gasteiger partial charge in [0, 0.05) is 6.54 Å². The monoisotopic (exact) mass is 280 g/mol. The van der Waals surface area contributed by atoms with Crippen molar-refractivity contribution in [1.82, 2.24) is 15.5 Å². The lowest BCUT2D eigenvalue weighted by molar-refractivity contribution is -0.0109. The first kappa shape index (κ1) is 14.8. The van der Waals surface area contributed by atoms with Crippen LogP contribution in [0.3, 0.4) is 0 Å². The lowest BCUT2D eigenvalue weighted by Gasteiger charge is -2.35. The number of aliphatic hydroxyl groups is 1. The largest absolute Gasteiger partial charge is 0.395 e. The first-order chi connectivity index (χ1) is 9.45. The van der Waals surface area contributed by atoms with E-state index in [0.717, 1.165) is 31.4 Å². The van der Waals surface area contributed by atoms with E-state index in [1.807, 2.05) is 6.92 Å². The van der Waals surface area contributed by atoms with Crippen LogP contribution in [-0.4, -0.2) is 33.4 Å². The second kappa shape index (κ2) is 5.83. The van der Waals surface area contributed by atoms with E-state index in [4.69, 9.17) is 5.73 Å². The van der Waals surface area contributed by atoms with Gasteiger partial charge in [0.05, 0.1) is 17.0 Å². The van der Waals surface area contributed by atoms with Crippen LogP contribution in [-0.2, 0) is 6.42 Å². The van der Waals surface area contributed by atoms with Crippen molar-refractivity contribution in [2.75, 3.05) is 12.3 Å². The number of anilines is 1. The molecule has 0 spiro atoms. The van der Waals surface area contributed by atoms with Gasteiger partial charge in [-0.2, -0.15) is 5.10 Å². The molecule has 1 fully saturated rings. The molecule has 20 heavy (non-hydrogen) atoms. The van der Waals surface area contributed by atoms with Gasteiger partial charge in [0.15, 0.2) is 5.69 Å². The highest BCUT2D eigenvalue weighted by molar-refractivity contribution is 5.97. The standard InChI is InChI=1S/C14H24N4O2/c1-3-10-11(15)12(18-17-10)13(19)16-8-14(20)6-4-5-9(2)7-14/h9,20H,3-8,15H2,1-2H3,(H,16,19)(H,17,18). The highest BCUT2D eigenvalue weighted by atomic mass is 16.3. The van der Waals surface area contributed by atoms with E-state index >= 15 is 0 Å². The summed E-state index contributed by atoms with van der Waals surface area (Å²) >= 11 is 0. The molecule has 6 nitrogen and oxygen atoms in total. The molecule has 1 aliphatic carbocycles. The summed E-state index contributed by atoms with van der Waals surface area (Å²) in [5.74, 6) is 0.165. The van der Waals surface area contributed by atoms with Gasteiger partial charge in [0.1, 0.15) is 0 Å². The molecular formula is C14H24N4O2. The Labute approximate surface area is 119 Å². The molecule has 0 aromatic carbocycles. The summed E-state index contributed by atoms with van der Waals surface area (Å²) in [5.41, 5.74) is 6.44. The zero-order valence-corrected chi connectivity index (χ0v) is 12.2. The number of aromatic amines is 1. The van der Waals surface area contributed by atoms with E-state index < -0.39 is 5.60 Å². The zero-order valence-electron chi connectivity index (χ0n) is 12.2. The lowest BCUT2D eigenvalue weighted by Crippen LogP contribution is -2.46. The van der Waals surface area contributed by atoms with Gasteiger partial charge in [0.25, 0.3) is 5.91 Å². The number of carbonyl (C=O) groups is 1. The van der Waals surface area contributed by atoms with Gasteiger partial charge in [-0.3, -0.25) is 9.89 Å². The number of aromatic nitrogens is 2. The van der Waals surface area contributed by atoms with Crippen LogP contribution < -0.4 is 11.1 Å². The summed E-state index contributed by atoms with van der Waals surface area (Å²) < 4.78 is 0. The highest BCUT2D eigenvalue weighted by Crippen LogP contribution is 2.31. The van der Waals surface area contributed by atoms with Crippen molar-refractivity contribution in [3.8, 4) is 0 Å². The third-order valence-electron chi connectivity index (χ3n) is 4.10. The summed E-state index contributed by atoms with van der Waals surface area (Å²) in [6.45, 7) is 4.33. The third kappa shape index (κ3) is 3.12. The molecule has 2 unspecified atom stereocenters. The van der Waals surface area contributed by atoms with Crippen LogP contribution in [0.4, 0.5) is 5.69 Å². The second-order valence-corrected chi connectivity index (χ2v) is 5.93. The maximum Gasteiger partial charge on any atom is 0.274 e. The normalized spacial score (nSPS) is 26.4. The van der Waals surface area contributed by atoms with Crippen LogP contribution in [0.25, 0.3) is 0 Å². The van der Waals surface area contributed by atoms with Crippen LogP contribution in [0.2, 0.25) is 0 Å². The van der Waals surface area contributed by atoms with Gasteiger partial charge in [-0.25, -0.2) is 0 Å². The molecule has 2 atom stereocenters. The third-order valence-corrected chi connectivity index (χ3v) is 4.10. The number of nitrogens with one attached hydrogen (secondary N) is 2. The Hall–Kier alpha value is -1.56. The molecule has 0 aliphatic heterocycles. The van der Waals surface area contributed by atoms with E-state index in [1.165, 1.54) is 0 Å². The number of carbonyl (C=O) groups excluding carboxylic acids is 1. The fourth-order valence-electron chi connectivity index (χ4n) is 2.95. The number of hydrogen-bond donors (Lipinski definition) is 4. The molecule has 2 rings (SSSR count). The smallest absolute Gasteiger partial charge is 0.274 e. The minimum Gasteiger partial charge on any atom is -0.395 e. The predicted octanol–water partition coefficient (Wildman–Crippen LogP) is 1.23. The Balaban J connectivity index is 1.96. The maximum atomic E-state index is 12.1.